The van der Waals surface area contributed by atoms with Gasteiger partial charge in [-0.05, 0) is 31.5 Å². The van der Waals surface area contributed by atoms with Crippen LogP contribution in [0, 0.1) is 17.1 Å². The van der Waals surface area contributed by atoms with Crippen molar-refractivity contribution in [3.63, 3.8) is 0 Å². The lowest BCUT2D eigenvalue weighted by molar-refractivity contribution is 0.132. The van der Waals surface area contributed by atoms with E-state index in [1.54, 1.807) is 19.2 Å². The fourth-order valence-corrected chi connectivity index (χ4v) is 3.10. The van der Waals surface area contributed by atoms with Crippen LogP contribution in [0.2, 0.25) is 0 Å². The monoisotopic (exact) mass is 329 g/mol. The molecule has 1 N–H and O–H groups in total. The van der Waals surface area contributed by atoms with Crippen LogP contribution in [0.15, 0.2) is 18.2 Å². The largest absolute Gasteiger partial charge is 0.377 e. The van der Waals surface area contributed by atoms with E-state index >= 15 is 0 Å². The van der Waals surface area contributed by atoms with Crippen LogP contribution in [-0.2, 0) is 17.9 Å². The number of methoxy groups -OCH3 is 1. The van der Waals surface area contributed by atoms with Gasteiger partial charge in [-0.25, -0.2) is 9.37 Å². The number of ether oxygens (including phenoxy) is 1. The standard InChI is InChI=1S/C17H20FN5O/c1-24-11-16-20-17(22-21-16)15-4-2-3-7-23(15)10-13-6-5-12(9-19)8-14(13)18/h5-6,8,15H,2-4,7,10-11H2,1H3,(H,20,21,22)/t15-/m1/s1. The fraction of sp³-hybridized carbons (Fsp3) is 0.471. The number of nitrogens with one attached hydrogen (secondary N) is 1. The number of piperidine rings is 1. The molecular weight excluding hydrogens is 309 g/mol. The Morgan fingerprint density at radius 2 is 2.33 bits per heavy atom. The van der Waals surface area contributed by atoms with E-state index in [1.807, 2.05) is 6.07 Å². The van der Waals surface area contributed by atoms with Crippen LogP contribution in [0.3, 0.4) is 0 Å². The predicted molar refractivity (Wildman–Crippen MR) is 85.2 cm³/mol. The lowest BCUT2D eigenvalue weighted by Crippen LogP contribution is -2.33. The molecule has 24 heavy (non-hydrogen) atoms. The first-order valence-corrected chi connectivity index (χ1v) is 8.04. The average Bonchev–Trinajstić information content (AvgIpc) is 3.06. The normalized spacial score (nSPS) is 18.5. The van der Waals surface area contributed by atoms with Crippen molar-refractivity contribution >= 4 is 0 Å². The van der Waals surface area contributed by atoms with Gasteiger partial charge in [0.1, 0.15) is 12.4 Å². The zero-order valence-corrected chi connectivity index (χ0v) is 13.6. The van der Waals surface area contributed by atoms with Gasteiger partial charge in [-0.1, -0.05) is 12.5 Å². The quantitative estimate of drug-likeness (QED) is 0.912. The topological polar surface area (TPSA) is 77.8 Å². The maximum Gasteiger partial charge on any atom is 0.167 e. The van der Waals surface area contributed by atoms with E-state index in [2.05, 4.69) is 20.1 Å². The summed E-state index contributed by atoms with van der Waals surface area (Å²) < 4.78 is 19.3. The lowest BCUT2D eigenvalue weighted by atomic mass is 10.00. The van der Waals surface area contributed by atoms with Gasteiger partial charge in [-0.3, -0.25) is 10.00 Å². The molecule has 1 saturated heterocycles. The molecule has 1 atom stereocenters. The molecule has 1 aromatic heterocycles. The molecule has 0 bridgehead atoms. The van der Waals surface area contributed by atoms with Crippen LogP contribution in [0.1, 0.15) is 48.1 Å². The summed E-state index contributed by atoms with van der Waals surface area (Å²) in [6.07, 6.45) is 3.12. The van der Waals surface area contributed by atoms with Gasteiger partial charge in [0.05, 0.1) is 17.7 Å². The number of hydrogen-bond acceptors (Lipinski definition) is 5. The second-order valence-electron chi connectivity index (χ2n) is 5.97. The highest BCUT2D eigenvalue weighted by Gasteiger charge is 2.28. The Kier molecular flexibility index (Phi) is 5.18. The van der Waals surface area contributed by atoms with Gasteiger partial charge in [-0.15, -0.1) is 0 Å². The number of H-pyrrole nitrogens is 1. The van der Waals surface area contributed by atoms with Crippen molar-refractivity contribution in [3.05, 3.63) is 46.8 Å². The Balaban J connectivity index is 1.78. The lowest BCUT2D eigenvalue weighted by Gasteiger charge is -2.34. The molecule has 126 valence electrons. The third-order valence-corrected chi connectivity index (χ3v) is 4.30. The number of halogens is 1. The Hall–Kier alpha value is -2.30. The van der Waals surface area contributed by atoms with Gasteiger partial charge in [0.15, 0.2) is 11.6 Å². The maximum atomic E-state index is 14.2. The highest BCUT2D eigenvalue weighted by Crippen LogP contribution is 2.30. The van der Waals surface area contributed by atoms with E-state index in [-0.39, 0.29) is 11.9 Å². The third-order valence-electron chi connectivity index (χ3n) is 4.30. The molecular formula is C17H20FN5O. The van der Waals surface area contributed by atoms with E-state index in [0.717, 1.165) is 31.6 Å². The first-order valence-electron chi connectivity index (χ1n) is 8.04. The summed E-state index contributed by atoms with van der Waals surface area (Å²) in [6.45, 7) is 1.75. The Bertz CT molecular complexity index is 739. The minimum atomic E-state index is -0.339. The van der Waals surface area contributed by atoms with Crippen molar-refractivity contribution in [2.45, 2.75) is 38.5 Å². The summed E-state index contributed by atoms with van der Waals surface area (Å²) in [5.74, 6) is 1.09. The molecule has 0 saturated carbocycles. The minimum Gasteiger partial charge on any atom is -0.377 e. The third kappa shape index (κ3) is 3.61. The molecule has 0 unspecified atom stereocenters. The second-order valence-corrected chi connectivity index (χ2v) is 5.97. The molecule has 7 heteroatoms. The highest BCUT2D eigenvalue weighted by molar-refractivity contribution is 5.32. The molecule has 1 aliphatic rings. The zero-order chi connectivity index (χ0) is 16.9. The van der Waals surface area contributed by atoms with E-state index in [0.29, 0.717) is 30.1 Å². The molecule has 0 aliphatic carbocycles. The average molecular weight is 329 g/mol. The molecule has 2 aromatic rings. The summed E-state index contributed by atoms with van der Waals surface area (Å²) in [4.78, 5) is 6.70. The first-order chi connectivity index (χ1) is 11.7. The van der Waals surface area contributed by atoms with Crippen LogP contribution in [0.25, 0.3) is 0 Å². The van der Waals surface area contributed by atoms with E-state index in [9.17, 15) is 4.39 Å². The van der Waals surface area contributed by atoms with Gasteiger partial charge in [0, 0.05) is 19.2 Å². The van der Waals surface area contributed by atoms with E-state index < -0.39 is 0 Å². The molecule has 1 aromatic carbocycles. The first kappa shape index (κ1) is 16.6. The van der Waals surface area contributed by atoms with Crippen molar-refractivity contribution in [1.29, 1.82) is 5.26 Å². The SMILES string of the molecule is COCc1nc([C@H]2CCCCN2Cc2ccc(C#N)cc2F)n[nH]1. The maximum absolute atomic E-state index is 14.2. The number of aromatic nitrogens is 3. The van der Waals surface area contributed by atoms with Gasteiger partial charge < -0.3 is 4.74 Å². The van der Waals surface area contributed by atoms with Gasteiger partial charge >= 0.3 is 0 Å². The minimum absolute atomic E-state index is 0.0654. The zero-order valence-electron chi connectivity index (χ0n) is 13.6. The van der Waals surface area contributed by atoms with Crippen LogP contribution in [0.4, 0.5) is 4.39 Å². The van der Waals surface area contributed by atoms with Crippen molar-refractivity contribution in [2.24, 2.45) is 0 Å². The van der Waals surface area contributed by atoms with Crippen LogP contribution >= 0.6 is 0 Å². The summed E-state index contributed by atoms with van der Waals surface area (Å²) in [7, 11) is 1.61. The summed E-state index contributed by atoms with van der Waals surface area (Å²) >= 11 is 0. The Morgan fingerprint density at radius 1 is 1.46 bits per heavy atom. The van der Waals surface area contributed by atoms with Crippen molar-refractivity contribution in [1.82, 2.24) is 20.1 Å². The van der Waals surface area contributed by atoms with Gasteiger partial charge in [0.2, 0.25) is 0 Å². The van der Waals surface area contributed by atoms with E-state index in [4.69, 9.17) is 10.00 Å². The smallest absolute Gasteiger partial charge is 0.167 e. The van der Waals surface area contributed by atoms with Gasteiger partial charge in [0.25, 0.3) is 0 Å². The number of benzene rings is 1. The number of hydrogen-bond donors (Lipinski definition) is 1. The molecule has 6 nitrogen and oxygen atoms in total. The summed E-state index contributed by atoms with van der Waals surface area (Å²) in [5.41, 5.74) is 0.929. The molecule has 1 fully saturated rings. The van der Waals surface area contributed by atoms with Crippen LogP contribution in [0.5, 0.6) is 0 Å². The number of nitrogens with zero attached hydrogens (tertiary/aromatic N) is 4. The highest BCUT2D eigenvalue weighted by atomic mass is 19.1. The number of nitriles is 1. The second kappa shape index (κ2) is 7.51. The molecule has 0 radical (unpaired) electrons. The number of aromatic amines is 1. The van der Waals surface area contributed by atoms with Crippen molar-refractivity contribution in [2.75, 3.05) is 13.7 Å². The molecule has 0 amide bonds. The molecule has 1 aliphatic heterocycles. The van der Waals surface area contributed by atoms with Crippen LogP contribution < -0.4 is 0 Å². The molecule has 0 spiro atoms. The van der Waals surface area contributed by atoms with Gasteiger partial charge in [-0.2, -0.15) is 10.4 Å². The number of rotatable bonds is 5. The fourth-order valence-electron chi connectivity index (χ4n) is 3.10. The number of likely N-dealkylation sites (tertiary alicyclic amines) is 1. The Morgan fingerprint density at radius 3 is 3.08 bits per heavy atom. The Labute approximate surface area is 140 Å². The van der Waals surface area contributed by atoms with E-state index in [1.165, 1.54) is 6.07 Å². The predicted octanol–water partition coefficient (Wildman–Crippen LogP) is 2.69. The van der Waals surface area contributed by atoms with Crippen molar-refractivity contribution < 1.29 is 9.13 Å². The van der Waals surface area contributed by atoms with Crippen LogP contribution in [-0.4, -0.2) is 33.7 Å². The summed E-state index contributed by atoms with van der Waals surface area (Å²) in [5, 5.41) is 16.1. The van der Waals surface area contributed by atoms with Crippen molar-refractivity contribution in [3.8, 4) is 6.07 Å². The molecule has 3 rings (SSSR count). The summed E-state index contributed by atoms with van der Waals surface area (Å²) in [6, 6.07) is 6.66. The molecule has 2 heterocycles.